The number of aromatic nitrogens is 2. The van der Waals surface area contributed by atoms with Gasteiger partial charge in [-0.25, -0.2) is 0 Å². The number of hydrogen-bond acceptors (Lipinski definition) is 3. The summed E-state index contributed by atoms with van der Waals surface area (Å²) in [6.07, 6.45) is 6.64. The lowest BCUT2D eigenvalue weighted by atomic mass is 10.3. The second kappa shape index (κ2) is 5.65. The Morgan fingerprint density at radius 2 is 2.41 bits per heavy atom. The standard InChI is InChI=1S/C13H23N3O/c1-3-10(2)16-7-6-12(15-16)9-17-13-5-4-11(14)8-13/h6-7,10-11,13H,3-5,8-9,14H2,1-2H3. The van der Waals surface area contributed by atoms with Gasteiger partial charge in [0, 0.05) is 18.3 Å². The van der Waals surface area contributed by atoms with Crippen LogP contribution in [0.4, 0.5) is 0 Å². The maximum Gasteiger partial charge on any atom is 0.0910 e. The number of ether oxygens (including phenoxy) is 1. The third-order valence-electron chi connectivity index (χ3n) is 3.60. The van der Waals surface area contributed by atoms with Crippen molar-refractivity contribution in [2.24, 2.45) is 5.73 Å². The van der Waals surface area contributed by atoms with Gasteiger partial charge < -0.3 is 10.5 Å². The van der Waals surface area contributed by atoms with Crippen LogP contribution in [0.5, 0.6) is 0 Å². The Morgan fingerprint density at radius 3 is 3.06 bits per heavy atom. The van der Waals surface area contributed by atoms with Crippen LogP contribution in [0.15, 0.2) is 12.3 Å². The van der Waals surface area contributed by atoms with Crippen molar-refractivity contribution in [1.82, 2.24) is 9.78 Å². The smallest absolute Gasteiger partial charge is 0.0910 e. The first-order valence-corrected chi connectivity index (χ1v) is 6.60. The van der Waals surface area contributed by atoms with Crippen LogP contribution in [0.25, 0.3) is 0 Å². The molecule has 0 amide bonds. The van der Waals surface area contributed by atoms with Crippen LogP contribution < -0.4 is 5.73 Å². The van der Waals surface area contributed by atoms with Crippen LogP contribution in [-0.2, 0) is 11.3 Å². The summed E-state index contributed by atoms with van der Waals surface area (Å²) in [6, 6.07) is 2.84. The third-order valence-corrected chi connectivity index (χ3v) is 3.60. The average Bonchev–Trinajstić information content (AvgIpc) is 2.94. The lowest BCUT2D eigenvalue weighted by Crippen LogP contribution is -2.17. The van der Waals surface area contributed by atoms with Crippen LogP contribution in [0, 0.1) is 0 Å². The molecule has 1 aromatic heterocycles. The number of hydrogen-bond donors (Lipinski definition) is 1. The van der Waals surface area contributed by atoms with Gasteiger partial charge in [0.25, 0.3) is 0 Å². The molecule has 0 radical (unpaired) electrons. The molecule has 1 aliphatic rings. The van der Waals surface area contributed by atoms with Crippen molar-refractivity contribution in [2.75, 3.05) is 0 Å². The average molecular weight is 237 g/mol. The fraction of sp³-hybridized carbons (Fsp3) is 0.769. The maximum absolute atomic E-state index is 5.86. The van der Waals surface area contributed by atoms with Crippen LogP contribution >= 0.6 is 0 Å². The Bertz CT molecular complexity index is 350. The molecule has 0 aromatic carbocycles. The van der Waals surface area contributed by atoms with E-state index in [1.165, 1.54) is 0 Å². The van der Waals surface area contributed by atoms with Gasteiger partial charge in [0.1, 0.15) is 0 Å². The Balaban J connectivity index is 1.81. The highest BCUT2D eigenvalue weighted by Gasteiger charge is 2.22. The molecular weight excluding hydrogens is 214 g/mol. The number of nitrogens with two attached hydrogens (primary N) is 1. The van der Waals surface area contributed by atoms with Crippen LogP contribution in [0.3, 0.4) is 0 Å². The Hall–Kier alpha value is -0.870. The molecule has 1 aromatic rings. The van der Waals surface area contributed by atoms with Gasteiger partial charge in [-0.05, 0) is 38.7 Å². The quantitative estimate of drug-likeness (QED) is 0.854. The van der Waals surface area contributed by atoms with Crippen LogP contribution in [0.2, 0.25) is 0 Å². The summed E-state index contributed by atoms with van der Waals surface area (Å²) in [6.45, 7) is 4.96. The molecule has 1 saturated carbocycles. The summed E-state index contributed by atoms with van der Waals surface area (Å²) >= 11 is 0. The summed E-state index contributed by atoms with van der Waals surface area (Å²) in [5.41, 5.74) is 6.88. The normalized spacial score (nSPS) is 26.3. The van der Waals surface area contributed by atoms with E-state index in [1.54, 1.807) is 0 Å². The minimum absolute atomic E-state index is 0.331. The van der Waals surface area contributed by atoms with E-state index in [9.17, 15) is 0 Å². The molecule has 4 heteroatoms. The second-order valence-electron chi connectivity index (χ2n) is 5.05. The molecule has 0 aliphatic heterocycles. The van der Waals surface area contributed by atoms with Crippen LogP contribution in [-0.4, -0.2) is 21.9 Å². The molecular formula is C13H23N3O. The van der Waals surface area contributed by atoms with E-state index >= 15 is 0 Å². The van der Waals surface area contributed by atoms with E-state index in [0.29, 0.717) is 24.8 Å². The first kappa shape index (κ1) is 12.6. The summed E-state index contributed by atoms with van der Waals surface area (Å²) in [5.74, 6) is 0. The molecule has 17 heavy (non-hydrogen) atoms. The zero-order valence-electron chi connectivity index (χ0n) is 10.8. The largest absolute Gasteiger partial charge is 0.372 e. The fourth-order valence-electron chi connectivity index (χ4n) is 2.21. The molecule has 1 aliphatic carbocycles. The first-order valence-electron chi connectivity index (χ1n) is 6.60. The van der Waals surface area contributed by atoms with Gasteiger partial charge in [-0.15, -0.1) is 0 Å². The molecule has 2 rings (SSSR count). The Labute approximate surface area is 103 Å². The lowest BCUT2D eigenvalue weighted by Gasteiger charge is -2.10. The zero-order valence-corrected chi connectivity index (χ0v) is 10.8. The van der Waals surface area contributed by atoms with E-state index in [1.807, 2.05) is 16.9 Å². The van der Waals surface area contributed by atoms with Crippen molar-refractivity contribution >= 4 is 0 Å². The number of rotatable bonds is 5. The summed E-state index contributed by atoms with van der Waals surface area (Å²) in [7, 11) is 0. The van der Waals surface area contributed by atoms with E-state index in [4.69, 9.17) is 10.5 Å². The third kappa shape index (κ3) is 3.30. The van der Waals surface area contributed by atoms with Crippen molar-refractivity contribution in [3.05, 3.63) is 18.0 Å². The molecule has 3 unspecified atom stereocenters. The van der Waals surface area contributed by atoms with Gasteiger partial charge in [-0.2, -0.15) is 5.10 Å². The molecule has 4 nitrogen and oxygen atoms in total. The highest BCUT2D eigenvalue weighted by molar-refractivity contribution is 4.98. The molecule has 0 bridgehead atoms. The van der Waals surface area contributed by atoms with Crippen LogP contribution in [0.1, 0.15) is 51.3 Å². The minimum atomic E-state index is 0.331. The van der Waals surface area contributed by atoms with Gasteiger partial charge in [0.05, 0.1) is 18.4 Å². The predicted octanol–water partition coefficient (Wildman–Crippen LogP) is 2.25. The Morgan fingerprint density at radius 1 is 1.59 bits per heavy atom. The highest BCUT2D eigenvalue weighted by Crippen LogP contribution is 2.21. The fourth-order valence-corrected chi connectivity index (χ4v) is 2.21. The van der Waals surface area contributed by atoms with E-state index < -0.39 is 0 Å². The topological polar surface area (TPSA) is 53.1 Å². The SMILES string of the molecule is CCC(C)n1ccc(COC2CCC(N)C2)n1. The van der Waals surface area contributed by atoms with Crippen molar-refractivity contribution in [3.63, 3.8) is 0 Å². The molecule has 96 valence electrons. The van der Waals surface area contributed by atoms with Gasteiger partial charge in [0.2, 0.25) is 0 Å². The molecule has 1 fully saturated rings. The molecule has 0 spiro atoms. The van der Waals surface area contributed by atoms with E-state index in [0.717, 1.165) is 31.4 Å². The number of nitrogens with zero attached hydrogens (tertiary/aromatic N) is 2. The van der Waals surface area contributed by atoms with Crippen molar-refractivity contribution in [2.45, 2.75) is 64.3 Å². The monoisotopic (exact) mass is 237 g/mol. The maximum atomic E-state index is 5.86. The zero-order chi connectivity index (χ0) is 12.3. The van der Waals surface area contributed by atoms with Gasteiger partial charge in [-0.3, -0.25) is 4.68 Å². The first-order chi connectivity index (χ1) is 8.19. The molecule has 2 N–H and O–H groups in total. The summed E-state index contributed by atoms with van der Waals surface area (Å²) < 4.78 is 7.84. The van der Waals surface area contributed by atoms with Crippen molar-refractivity contribution in [1.29, 1.82) is 0 Å². The van der Waals surface area contributed by atoms with Crippen molar-refractivity contribution < 1.29 is 4.74 Å². The molecule has 3 atom stereocenters. The lowest BCUT2D eigenvalue weighted by molar-refractivity contribution is 0.0425. The van der Waals surface area contributed by atoms with Gasteiger partial charge in [0.15, 0.2) is 0 Å². The molecule has 0 saturated heterocycles. The van der Waals surface area contributed by atoms with E-state index in [-0.39, 0.29) is 0 Å². The predicted molar refractivity (Wildman–Crippen MR) is 67.6 cm³/mol. The molecule has 1 heterocycles. The van der Waals surface area contributed by atoms with Crippen molar-refractivity contribution in [3.8, 4) is 0 Å². The second-order valence-corrected chi connectivity index (χ2v) is 5.05. The van der Waals surface area contributed by atoms with Gasteiger partial charge in [-0.1, -0.05) is 6.92 Å². The Kier molecular flexibility index (Phi) is 4.18. The highest BCUT2D eigenvalue weighted by atomic mass is 16.5. The van der Waals surface area contributed by atoms with Gasteiger partial charge >= 0.3 is 0 Å². The summed E-state index contributed by atoms with van der Waals surface area (Å²) in [5, 5.41) is 4.52. The van der Waals surface area contributed by atoms with E-state index in [2.05, 4.69) is 18.9 Å². The minimum Gasteiger partial charge on any atom is -0.372 e. The summed E-state index contributed by atoms with van der Waals surface area (Å²) in [4.78, 5) is 0.